The van der Waals surface area contributed by atoms with Crippen molar-refractivity contribution in [3.63, 3.8) is 0 Å². The molecule has 1 amide bonds. The second-order valence-electron chi connectivity index (χ2n) is 7.79. The van der Waals surface area contributed by atoms with Gasteiger partial charge in [0.25, 0.3) is 0 Å². The Morgan fingerprint density at radius 3 is 2.39 bits per heavy atom. The number of benzene rings is 3. The molecule has 2 N–H and O–H groups in total. The van der Waals surface area contributed by atoms with Crippen LogP contribution in [0.15, 0.2) is 65.1 Å². The fourth-order valence-electron chi connectivity index (χ4n) is 3.05. The summed E-state index contributed by atoms with van der Waals surface area (Å²) >= 11 is 9.88. The number of hydrogen-bond acceptors (Lipinski definition) is 4. The average Bonchev–Trinajstić information content (AvgIpc) is 2.79. The molecule has 7 heteroatoms. The van der Waals surface area contributed by atoms with Crippen LogP contribution in [0.3, 0.4) is 0 Å². The smallest absolute Gasteiger partial charge is 0.226 e. The fraction of sp³-hybridized carbons (Fsp3) is 0.269. The highest BCUT2D eigenvalue weighted by Crippen LogP contribution is 2.38. The summed E-state index contributed by atoms with van der Waals surface area (Å²) in [5.41, 5.74) is 3.67. The van der Waals surface area contributed by atoms with Crippen molar-refractivity contribution in [1.82, 2.24) is 0 Å². The van der Waals surface area contributed by atoms with Gasteiger partial charge in [-0.05, 0) is 70.9 Å². The average molecular weight is 532 g/mol. The lowest BCUT2D eigenvalue weighted by Crippen LogP contribution is -2.17. The third-order valence-corrected chi connectivity index (χ3v) is 5.83. The van der Waals surface area contributed by atoms with Gasteiger partial charge in [-0.25, -0.2) is 0 Å². The minimum atomic E-state index is -0.0579. The second-order valence-corrected chi connectivity index (χ2v) is 9.05. The molecule has 0 saturated carbocycles. The molecule has 3 rings (SSSR count). The third-order valence-electron chi connectivity index (χ3n) is 4.87. The number of hydrogen-bond donors (Lipinski definition) is 2. The van der Waals surface area contributed by atoms with Crippen LogP contribution in [-0.2, 0) is 17.9 Å². The molecule has 0 fully saturated rings. The van der Waals surface area contributed by atoms with Crippen LogP contribution in [0.1, 0.15) is 31.9 Å². The van der Waals surface area contributed by atoms with Gasteiger partial charge in [-0.3, -0.25) is 4.79 Å². The first-order valence-corrected chi connectivity index (χ1v) is 12.0. The summed E-state index contributed by atoms with van der Waals surface area (Å²) in [5.74, 6) is 1.26. The second kappa shape index (κ2) is 12.0. The van der Waals surface area contributed by atoms with Crippen molar-refractivity contribution in [2.45, 2.75) is 33.9 Å². The summed E-state index contributed by atoms with van der Waals surface area (Å²) in [5, 5.41) is 6.96. The Hall–Kier alpha value is -2.70. The maximum Gasteiger partial charge on any atom is 0.226 e. The molecule has 5 nitrogen and oxygen atoms in total. The predicted octanol–water partition coefficient (Wildman–Crippen LogP) is 7.29. The van der Waals surface area contributed by atoms with Crippen molar-refractivity contribution in [2.24, 2.45) is 5.92 Å². The summed E-state index contributed by atoms with van der Waals surface area (Å²) in [7, 11) is 0. The summed E-state index contributed by atoms with van der Waals surface area (Å²) in [6.45, 7) is 7.14. The highest BCUT2D eigenvalue weighted by molar-refractivity contribution is 9.10. The van der Waals surface area contributed by atoms with E-state index >= 15 is 0 Å². The molecule has 0 unspecified atom stereocenters. The van der Waals surface area contributed by atoms with E-state index in [-0.39, 0.29) is 11.8 Å². The maximum atomic E-state index is 11.8. The number of rotatable bonds is 10. The Morgan fingerprint density at radius 2 is 1.73 bits per heavy atom. The van der Waals surface area contributed by atoms with E-state index in [1.807, 2.05) is 81.4 Å². The van der Waals surface area contributed by atoms with Crippen LogP contribution in [-0.4, -0.2) is 12.5 Å². The van der Waals surface area contributed by atoms with Crippen molar-refractivity contribution in [3.05, 3.63) is 81.3 Å². The van der Waals surface area contributed by atoms with Gasteiger partial charge in [-0.1, -0.05) is 43.6 Å². The molecular weight excluding hydrogens is 504 g/mol. The lowest BCUT2D eigenvalue weighted by Gasteiger charge is -2.16. The highest BCUT2D eigenvalue weighted by atomic mass is 79.9. The molecule has 0 radical (unpaired) electrons. The van der Waals surface area contributed by atoms with E-state index in [4.69, 9.17) is 21.1 Å². The Morgan fingerprint density at radius 1 is 1.03 bits per heavy atom. The van der Waals surface area contributed by atoms with E-state index < -0.39 is 0 Å². The summed E-state index contributed by atoms with van der Waals surface area (Å²) < 4.78 is 12.7. The number of anilines is 2. The van der Waals surface area contributed by atoms with Gasteiger partial charge < -0.3 is 20.1 Å². The van der Waals surface area contributed by atoms with Crippen LogP contribution in [0, 0.1) is 5.92 Å². The molecule has 0 atom stereocenters. The van der Waals surface area contributed by atoms with Gasteiger partial charge >= 0.3 is 0 Å². The fourth-order valence-corrected chi connectivity index (χ4v) is 3.85. The van der Waals surface area contributed by atoms with Crippen LogP contribution in [0.5, 0.6) is 11.5 Å². The molecule has 0 aliphatic rings. The predicted molar refractivity (Wildman–Crippen MR) is 138 cm³/mol. The first-order chi connectivity index (χ1) is 15.9. The van der Waals surface area contributed by atoms with Crippen molar-refractivity contribution < 1.29 is 14.3 Å². The van der Waals surface area contributed by atoms with Crippen LogP contribution in [0.4, 0.5) is 11.4 Å². The molecule has 3 aromatic carbocycles. The zero-order chi connectivity index (χ0) is 23.8. The van der Waals surface area contributed by atoms with Crippen molar-refractivity contribution in [1.29, 1.82) is 0 Å². The quantitative estimate of drug-likeness (QED) is 0.288. The first-order valence-electron chi connectivity index (χ1n) is 10.8. The Labute approximate surface area is 208 Å². The van der Waals surface area contributed by atoms with E-state index in [2.05, 4.69) is 26.6 Å². The van der Waals surface area contributed by atoms with Crippen LogP contribution < -0.4 is 20.1 Å². The van der Waals surface area contributed by atoms with E-state index in [1.165, 1.54) is 0 Å². The molecule has 3 aromatic rings. The lowest BCUT2D eigenvalue weighted by atomic mass is 10.1. The molecule has 0 bridgehead atoms. The maximum absolute atomic E-state index is 11.8. The molecule has 0 aliphatic carbocycles. The number of halogens is 2. The van der Waals surface area contributed by atoms with Gasteiger partial charge in [0.05, 0.1) is 11.1 Å². The number of carbonyl (C=O) groups is 1. The SMILES string of the molecule is CCOc1cc(CNc2ccc(NC(=O)C(C)C)cc2)cc(Br)c1OCc1ccccc1Cl. The molecule has 0 saturated heterocycles. The molecule has 33 heavy (non-hydrogen) atoms. The minimum Gasteiger partial charge on any atom is -0.490 e. The Kier molecular flexibility index (Phi) is 9.03. The lowest BCUT2D eigenvalue weighted by molar-refractivity contribution is -0.118. The van der Waals surface area contributed by atoms with E-state index in [1.54, 1.807) is 0 Å². The Bertz CT molecular complexity index is 1090. The monoisotopic (exact) mass is 530 g/mol. The van der Waals surface area contributed by atoms with Crippen molar-refractivity contribution >= 4 is 44.8 Å². The largest absolute Gasteiger partial charge is 0.490 e. The number of carbonyl (C=O) groups excluding carboxylic acids is 1. The van der Waals surface area contributed by atoms with Gasteiger partial charge in [-0.2, -0.15) is 0 Å². The van der Waals surface area contributed by atoms with Gasteiger partial charge in [0.1, 0.15) is 6.61 Å². The minimum absolute atomic E-state index is 0.000794. The number of amides is 1. The van der Waals surface area contributed by atoms with E-state index in [0.29, 0.717) is 36.3 Å². The van der Waals surface area contributed by atoms with E-state index in [0.717, 1.165) is 27.0 Å². The number of nitrogens with one attached hydrogen (secondary N) is 2. The van der Waals surface area contributed by atoms with Crippen LogP contribution in [0.2, 0.25) is 5.02 Å². The molecule has 0 aromatic heterocycles. The zero-order valence-electron chi connectivity index (χ0n) is 19.0. The molecule has 0 heterocycles. The number of ether oxygens (including phenoxy) is 2. The van der Waals surface area contributed by atoms with Crippen molar-refractivity contribution in [2.75, 3.05) is 17.2 Å². The molecule has 0 aliphatic heterocycles. The van der Waals surface area contributed by atoms with Crippen molar-refractivity contribution in [3.8, 4) is 11.5 Å². The normalized spacial score (nSPS) is 10.7. The van der Waals surface area contributed by atoms with Gasteiger partial charge in [0.15, 0.2) is 11.5 Å². The summed E-state index contributed by atoms with van der Waals surface area (Å²) in [6, 6.07) is 19.2. The van der Waals surface area contributed by atoms with Crippen LogP contribution >= 0.6 is 27.5 Å². The van der Waals surface area contributed by atoms with Gasteiger partial charge in [0, 0.05) is 34.4 Å². The topological polar surface area (TPSA) is 59.6 Å². The molecule has 0 spiro atoms. The van der Waals surface area contributed by atoms with E-state index in [9.17, 15) is 4.79 Å². The first kappa shape index (κ1) is 24.9. The standard InChI is InChI=1S/C26H28BrClN2O3/c1-4-32-24-14-18(13-22(27)25(24)33-16-19-7-5-6-8-23(19)28)15-29-20-9-11-21(12-10-20)30-26(31)17(2)3/h5-14,17,29H,4,15-16H2,1-3H3,(H,30,31). The summed E-state index contributed by atoms with van der Waals surface area (Å²) in [6.07, 6.45) is 0. The molecular formula is C26H28BrClN2O3. The zero-order valence-corrected chi connectivity index (χ0v) is 21.3. The Balaban J connectivity index is 1.67. The highest BCUT2D eigenvalue weighted by Gasteiger charge is 2.14. The molecule has 174 valence electrons. The van der Waals surface area contributed by atoms with Gasteiger partial charge in [0.2, 0.25) is 5.91 Å². The third kappa shape index (κ3) is 7.14. The van der Waals surface area contributed by atoms with Gasteiger partial charge in [-0.15, -0.1) is 0 Å². The van der Waals surface area contributed by atoms with Crippen LogP contribution in [0.25, 0.3) is 0 Å². The summed E-state index contributed by atoms with van der Waals surface area (Å²) in [4.78, 5) is 11.8.